The number of carbonyl (C=O) groups is 1. The van der Waals surface area contributed by atoms with Crippen molar-refractivity contribution in [3.63, 3.8) is 0 Å². The summed E-state index contributed by atoms with van der Waals surface area (Å²) in [5.41, 5.74) is 0.288. The van der Waals surface area contributed by atoms with E-state index in [-0.39, 0.29) is 5.69 Å². The van der Waals surface area contributed by atoms with Gasteiger partial charge in [-0.25, -0.2) is 9.78 Å². The zero-order chi connectivity index (χ0) is 12.5. The molecule has 0 spiro atoms. The van der Waals surface area contributed by atoms with Crippen LogP contribution in [0, 0.1) is 5.92 Å². The van der Waals surface area contributed by atoms with Crippen molar-refractivity contribution in [2.75, 3.05) is 18.6 Å². The van der Waals surface area contributed by atoms with Crippen molar-refractivity contribution in [3.05, 3.63) is 18.1 Å². The normalized spacial score (nSPS) is 18.5. The molecule has 5 nitrogen and oxygen atoms in total. The molecule has 0 atom stereocenters. The van der Waals surface area contributed by atoms with Crippen LogP contribution in [0.15, 0.2) is 12.4 Å². The second-order valence-corrected chi connectivity index (χ2v) is 5.08. The Morgan fingerprint density at radius 3 is 2.78 bits per heavy atom. The van der Waals surface area contributed by atoms with Crippen LogP contribution >= 0.6 is 0 Å². The first-order chi connectivity index (χ1) is 8.78. The molecule has 2 aliphatic rings. The second-order valence-electron chi connectivity index (χ2n) is 5.08. The van der Waals surface area contributed by atoms with E-state index < -0.39 is 5.97 Å². The summed E-state index contributed by atoms with van der Waals surface area (Å²) in [5.74, 6) is 1.19. The number of hydrogen-bond acceptors (Lipinski definition) is 5. The molecule has 96 valence electrons. The SMILES string of the molecule is COC(=O)c1cncc(N(CC2CC2)C2CC2)n1. The van der Waals surface area contributed by atoms with Crippen LogP contribution in [-0.4, -0.2) is 35.6 Å². The summed E-state index contributed by atoms with van der Waals surface area (Å²) in [6.45, 7) is 1.05. The monoisotopic (exact) mass is 247 g/mol. The molecule has 2 fully saturated rings. The van der Waals surface area contributed by atoms with E-state index in [2.05, 4.69) is 19.6 Å². The molecule has 2 aliphatic carbocycles. The molecule has 5 heteroatoms. The minimum Gasteiger partial charge on any atom is -0.464 e. The molecular formula is C13H17N3O2. The average molecular weight is 247 g/mol. The van der Waals surface area contributed by atoms with Gasteiger partial charge < -0.3 is 9.64 Å². The maximum Gasteiger partial charge on any atom is 0.358 e. The second kappa shape index (κ2) is 4.55. The Bertz CT molecular complexity index is 455. The van der Waals surface area contributed by atoms with Crippen LogP contribution in [0.3, 0.4) is 0 Å². The molecule has 0 N–H and O–H groups in total. The smallest absolute Gasteiger partial charge is 0.358 e. The first kappa shape index (κ1) is 11.4. The Morgan fingerprint density at radius 2 is 2.17 bits per heavy atom. The van der Waals surface area contributed by atoms with E-state index in [1.54, 1.807) is 6.20 Å². The van der Waals surface area contributed by atoms with Crippen molar-refractivity contribution in [3.8, 4) is 0 Å². The van der Waals surface area contributed by atoms with Crippen LogP contribution in [-0.2, 0) is 4.74 Å². The van der Waals surface area contributed by atoms with Gasteiger partial charge in [0.15, 0.2) is 5.69 Å². The van der Waals surface area contributed by atoms with Crippen molar-refractivity contribution in [2.45, 2.75) is 31.7 Å². The Kier molecular flexibility index (Phi) is 2.89. The van der Waals surface area contributed by atoms with E-state index >= 15 is 0 Å². The number of anilines is 1. The van der Waals surface area contributed by atoms with E-state index in [9.17, 15) is 4.79 Å². The first-order valence-corrected chi connectivity index (χ1v) is 6.45. The van der Waals surface area contributed by atoms with Gasteiger partial charge in [0.25, 0.3) is 0 Å². The molecule has 0 unspecified atom stereocenters. The number of hydrogen-bond donors (Lipinski definition) is 0. The molecule has 2 saturated carbocycles. The van der Waals surface area contributed by atoms with E-state index in [4.69, 9.17) is 0 Å². The first-order valence-electron chi connectivity index (χ1n) is 6.45. The molecule has 1 aromatic rings. The highest BCUT2D eigenvalue weighted by molar-refractivity contribution is 5.87. The van der Waals surface area contributed by atoms with Crippen LogP contribution in [0.1, 0.15) is 36.2 Å². The quantitative estimate of drug-likeness (QED) is 0.740. The van der Waals surface area contributed by atoms with Gasteiger partial charge in [0.1, 0.15) is 5.82 Å². The zero-order valence-electron chi connectivity index (χ0n) is 10.5. The van der Waals surface area contributed by atoms with E-state index in [1.807, 2.05) is 0 Å². The number of rotatable bonds is 5. The van der Waals surface area contributed by atoms with Crippen LogP contribution in [0.5, 0.6) is 0 Å². The van der Waals surface area contributed by atoms with Gasteiger partial charge in [-0.3, -0.25) is 4.98 Å². The highest BCUT2D eigenvalue weighted by Gasteiger charge is 2.34. The third kappa shape index (κ3) is 2.44. The van der Waals surface area contributed by atoms with Crippen molar-refractivity contribution in [2.24, 2.45) is 5.92 Å². The molecule has 0 radical (unpaired) electrons. The molecule has 0 bridgehead atoms. The fourth-order valence-corrected chi connectivity index (χ4v) is 2.09. The van der Waals surface area contributed by atoms with Crippen molar-refractivity contribution in [1.82, 2.24) is 9.97 Å². The minimum absolute atomic E-state index is 0.288. The largest absolute Gasteiger partial charge is 0.464 e. The molecule has 18 heavy (non-hydrogen) atoms. The molecule has 0 amide bonds. The molecule has 0 aliphatic heterocycles. The maximum absolute atomic E-state index is 11.5. The average Bonchev–Trinajstić information content (AvgIpc) is 3.28. The fraction of sp³-hybridized carbons (Fsp3) is 0.615. The lowest BCUT2D eigenvalue weighted by molar-refractivity contribution is 0.0593. The van der Waals surface area contributed by atoms with Gasteiger partial charge in [0.05, 0.1) is 19.5 Å². The zero-order valence-corrected chi connectivity index (χ0v) is 10.5. The summed E-state index contributed by atoms with van der Waals surface area (Å²) in [6.07, 6.45) is 8.26. The Hall–Kier alpha value is -1.65. The van der Waals surface area contributed by atoms with Gasteiger partial charge in [-0.05, 0) is 31.6 Å². The number of esters is 1. The third-order valence-electron chi connectivity index (χ3n) is 3.45. The molecule has 0 saturated heterocycles. The molecule has 1 aromatic heterocycles. The number of aromatic nitrogens is 2. The molecule has 0 aromatic carbocycles. The molecular weight excluding hydrogens is 230 g/mol. The van der Waals surface area contributed by atoms with Gasteiger partial charge in [-0.15, -0.1) is 0 Å². The molecule has 1 heterocycles. The van der Waals surface area contributed by atoms with Crippen molar-refractivity contribution >= 4 is 11.8 Å². The molecule has 3 rings (SSSR count). The Labute approximate surface area is 106 Å². The van der Waals surface area contributed by atoms with Gasteiger partial charge in [-0.2, -0.15) is 0 Å². The lowest BCUT2D eigenvalue weighted by Gasteiger charge is -2.23. The fourth-order valence-electron chi connectivity index (χ4n) is 2.09. The minimum atomic E-state index is -0.425. The van der Waals surface area contributed by atoms with E-state index in [0.717, 1.165) is 18.3 Å². The standard InChI is InChI=1S/C13H17N3O2/c1-18-13(17)11-6-14-7-12(15-11)16(10-4-5-10)8-9-2-3-9/h6-7,9-10H,2-5,8H2,1H3. The van der Waals surface area contributed by atoms with Gasteiger partial charge in [0, 0.05) is 12.6 Å². The topological polar surface area (TPSA) is 55.3 Å². The summed E-state index contributed by atoms with van der Waals surface area (Å²) in [6, 6.07) is 0.591. The van der Waals surface area contributed by atoms with Crippen molar-refractivity contribution in [1.29, 1.82) is 0 Å². The Morgan fingerprint density at radius 1 is 1.39 bits per heavy atom. The lowest BCUT2D eigenvalue weighted by atomic mass is 10.3. The predicted octanol–water partition coefficient (Wildman–Crippen LogP) is 1.64. The van der Waals surface area contributed by atoms with E-state index in [1.165, 1.54) is 39.0 Å². The van der Waals surface area contributed by atoms with Gasteiger partial charge in [0.2, 0.25) is 0 Å². The predicted molar refractivity (Wildman–Crippen MR) is 66.5 cm³/mol. The summed E-state index contributed by atoms with van der Waals surface area (Å²) in [4.78, 5) is 22.2. The van der Waals surface area contributed by atoms with Crippen LogP contribution < -0.4 is 4.90 Å². The number of ether oxygens (including phenoxy) is 1. The number of methoxy groups -OCH3 is 1. The number of nitrogens with zero attached hydrogens (tertiary/aromatic N) is 3. The summed E-state index contributed by atoms with van der Waals surface area (Å²) in [7, 11) is 1.36. The lowest BCUT2D eigenvalue weighted by Crippen LogP contribution is -2.29. The van der Waals surface area contributed by atoms with Crippen LogP contribution in [0.4, 0.5) is 5.82 Å². The summed E-state index contributed by atoms with van der Waals surface area (Å²) in [5, 5.41) is 0. The third-order valence-corrected chi connectivity index (χ3v) is 3.45. The highest BCUT2D eigenvalue weighted by Crippen LogP contribution is 2.36. The van der Waals surface area contributed by atoms with Crippen LogP contribution in [0.25, 0.3) is 0 Å². The van der Waals surface area contributed by atoms with Gasteiger partial charge >= 0.3 is 5.97 Å². The Balaban J connectivity index is 1.81. The van der Waals surface area contributed by atoms with Gasteiger partial charge in [-0.1, -0.05) is 0 Å². The maximum atomic E-state index is 11.5. The van der Waals surface area contributed by atoms with Crippen molar-refractivity contribution < 1.29 is 9.53 Å². The number of carbonyl (C=O) groups excluding carboxylic acids is 1. The highest BCUT2D eigenvalue weighted by atomic mass is 16.5. The van der Waals surface area contributed by atoms with E-state index in [0.29, 0.717) is 6.04 Å². The van der Waals surface area contributed by atoms with Crippen LogP contribution in [0.2, 0.25) is 0 Å². The summed E-state index contributed by atoms with van der Waals surface area (Å²) >= 11 is 0. The summed E-state index contributed by atoms with van der Waals surface area (Å²) < 4.78 is 4.68.